The highest BCUT2D eigenvalue weighted by Crippen LogP contribution is 3.02. The van der Waals surface area contributed by atoms with Crippen LogP contribution in [-0.2, 0) is 9.59 Å². The monoisotopic (exact) mass is 623 g/mol. The molecule has 228 valence electrons. The number of rotatable bonds is 7. The second kappa shape index (κ2) is 9.45. The number of halogens is 8. The lowest BCUT2D eigenvalue weighted by molar-refractivity contribution is -0.129. The third kappa shape index (κ3) is 6.11. The van der Waals surface area contributed by atoms with E-state index >= 15 is 0 Å². The van der Waals surface area contributed by atoms with Gasteiger partial charge in [-0.2, -0.15) is 5.26 Å². The van der Waals surface area contributed by atoms with E-state index in [4.69, 9.17) is 0 Å². The van der Waals surface area contributed by atoms with E-state index in [1.807, 2.05) is 6.19 Å². The molecule has 1 N–H and O–H groups in total. The lowest BCUT2D eigenvalue weighted by Crippen LogP contribution is -2.53. The van der Waals surface area contributed by atoms with E-state index in [1.165, 1.54) is 4.90 Å². The Morgan fingerprint density at radius 3 is 2.31 bits per heavy atom. The number of nitriles is 1. The minimum Gasteiger partial charge on any atom is -0.351 e. The van der Waals surface area contributed by atoms with Gasteiger partial charge in [0.25, 0.3) is 5.91 Å². The van der Waals surface area contributed by atoms with Crippen molar-refractivity contribution in [1.82, 2.24) is 15.2 Å². The summed E-state index contributed by atoms with van der Waals surface area (Å²) in [5.41, 5.74) is -0.625. The zero-order valence-corrected chi connectivity index (χ0v) is 22.5. The van der Waals surface area contributed by atoms with Crippen molar-refractivity contribution < 1.29 is 42.2 Å². The molecule has 2 aliphatic carbocycles. The average molecular weight is 624 g/mol. The van der Waals surface area contributed by atoms with Crippen molar-refractivity contribution in [2.45, 2.75) is 61.0 Å². The van der Waals surface area contributed by atoms with E-state index < -0.39 is 75.3 Å². The maximum atomic E-state index is 14.3. The third-order valence-electron chi connectivity index (χ3n) is 7.94. The molecule has 2 heterocycles. The van der Waals surface area contributed by atoms with Crippen LogP contribution in [0.15, 0.2) is 47.6 Å². The Kier molecular flexibility index (Phi) is 6.72. The van der Waals surface area contributed by atoms with Crippen molar-refractivity contribution in [2.24, 2.45) is 11.8 Å². The number of piperidine rings is 1. The highest BCUT2D eigenvalue weighted by Gasteiger charge is 2.65. The molecule has 1 saturated heterocycles. The van der Waals surface area contributed by atoms with Gasteiger partial charge >= 0.3 is 10.2 Å². The van der Waals surface area contributed by atoms with Crippen LogP contribution in [0, 0.1) is 29.1 Å². The predicted octanol–water partition coefficient (Wildman–Crippen LogP) is 6.45. The summed E-state index contributed by atoms with van der Waals surface area (Å²) in [7, 11) is -10.1. The Balaban J connectivity index is 1.59. The smallest absolute Gasteiger partial charge is 0.310 e. The number of carbonyl (C=O) groups is 2. The van der Waals surface area contributed by atoms with Crippen LogP contribution in [0.5, 0.6) is 0 Å². The highest BCUT2D eigenvalue weighted by atomic mass is 32.5. The van der Waals surface area contributed by atoms with Gasteiger partial charge in [0, 0.05) is 42.9 Å². The van der Waals surface area contributed by atoms with Crippen molar-refractivity contribution in [2.75, 3.05) is 11.4 Å². The Morgan fingerprint density at radius 1 is 1.10 bits per heavy atom. The molecule has 42 heavy (non-hydrogen) atoms. The number of nitrogens with one attached hydrogen (secondary N) is 1. The molecular weight excluding hydrogens is 598 g/mol. The van der Waals surface area contributed by atoms with Gasteiger partial charge in [0.05, 0.1) is 6.20 Å². The zero-order chi connectivity index (χ0) is 30.7. The van der Waals surface area contributed by atoms with Gasteiger partial charge in [-0.15, -0.1) is 0 Å². The number of anilines is 1. The lowest BCUT2D eigenvalue weighted by atomic mass is 9.91. The molecular formula is C26H25F8N5O2S. The first-order valence-electron chi connectivity index (χ1n) is 13.0. The molecule has 4 atom stereocenters. The molecule has 2 aromatic rings. The van der Waals surface area contributed by atoms with Gasteiger partial charge < -0.3 is 5.32 Å². The zero-order valence-electron chi connectivity index (χ0n) is 21.7. The number of amides is 2. The van der Waals surface area contributed by atoms with E-state index in [0.717, 1.165) is 23.4 Å². The van der Waals surface area contributed by atoms with E-state index in [1.54, 1.807) is 0 Å². The number of aromatic nitrogens is 1. The van der Waals surface area contributed by atoms with Crippen LogP contribution < -0.4 is 10.2 Å². The number of benzene rings is 1. The molecule has 2 amide bonds. The lowest BCUT2D eigenvalue weighted by Gasteiger charge is -2.41. The van der Waals surface area contributed by atoms with Gasteiger partial charge in [-0.25, -0.2) is 13.2 Å². The van der Waals surface area contributed by atoms with Crippen LogP contribution in [0.2, 0.25) is 0 Å². The first-order valence-corrected chi connectivity index (χ1v) is 14.9. The Hall–Kier alpha value is -3.61. The molecule has 2 saturated carbocycles. The van der Waals surface area contributed by atoms with Crippen LogP contribution in [0.25, 0.3) is 0 Å². The van der Waals surface area contributed by atoms with Gasteiger partial charge in [-0.3, -0.25) is 24.4 Å². The SMILES string of the molecule is N#CN1C[C@@H]2C[C@@H]2[C@@H]1C(=O)N(c1ccc(S(F)(F)(F)(F)F)cc1)C(C(=O)NC1CCC(F)(F)CC1)c1cncc(F)c1. The summed E-state index contributed by atoms with van der Waals surface area (Å²) >= 11 is 0. The second-order valence-electron chi connectivity index (χ2n) is 11.0. The van der Waals surface area contributed by atoms with Crippen molar-refractivity contribution in [3.8, 4) is 6.19 Å². The minimum absolute atomic E-state index is 0.0111. The number of hydrogen-bond donors (Lipinski definition) is 1. The van der Waals surface area contributed by atoms with Gasteiger partial charge in [-0.1, -0.05) is 19.4 Å². The Morgan fingerprint density at radius 2 is 1.74 bits per heavy atom. The summed E-state index contributed by atoms with van der Waals surface area (Å²) in [6, 6.07) is -1.47. The topological polar surface area (TPSA) is 89.3 Å². The van der Waals surface area contributed by atoms with E-state index in [-0.39, 0.29) is 48.9 Å². The molecule has 3 fully saturated rings. The summed E-state index contributed by atoms with van der Waals surface area (Å²) in [6.07, 6.45) is 3.03. The van der Waals surface area contributed by atoms with Gasteiger partial charge in [0.2, 0.25) is 11.8 Å². The summed E-state index contributed by atoms with van der Waals surface area (Å²) < 4.78 is 109. The van der Waals surface area contributed by atoms with Crippen molar-refractivity contribution in [1.29, 1.82) is 5.26 Å². The third-order valence-corrected chi connectivity index (χ3v) is 9.10. The first-order chi connectivity index (χ1) is 19.4. The van der Waals surface area contributed by atoms with Crippen molar-refractivity contribution in [3.05, 3.63) is 54.1 Å². The van der Waals surface area contributed by atoms with Crippen molar-refractivity contribution >= 4 is 27.7 Å². The fraction of sp³-hybridized carbons (Fsp3) is 0.462. The molecule has 3 aliphatic rings. The fourth-order valence-corrected chi connectivity index (χ4v) is 6.40. The highest BCUT2D eigenvalue weighted by molar-refractivity contribution is 8.45. The summed E-state index contributed by atoms with van der Waals surface area (Å²) in [5, 5.41) is 12.2. The molecule has 0 radical (unpaired) electrons. The van der Waals surface area contributed by atoms with Crippen LogP contribution in [0.1, 0.15) is 43.7 Å². The minimum atomic E-state index is -10.1. The van der Waals surface area contributed by atoms with Gasteiger partial charge in [0.1, 0.15) is 22.8 Å². The van der Waals surface area contributed by atoms with E-state index in [2.05, 4.69) is 10.3 Å². The van der Waals surface area contributed by atoms with Crippen LogP contribution in [0.4, 0.5) is 38.3 Å². The maximum absolute atomic E-state index is 14.3. The quantitative estimate of drug-likeness (QED) is 0.283. The number of fused-ring (bicyclic) bond motifs is 1. The van der Waals surface area contributed by atoms with E-state index in [9.17, 15) is 47.5 Å². The normalized spacial score (nSPS) is 25.8. The summed E-state index contributed by atoms with van der Waals surface area (Å²) in [4.78, 5) is 31.3. The number of alkyl halides is 2. The first kappa shape index (κ1) is 29.9. The molecule has 1 aromatic carbocycles. The fourth-order valence-electron chi connectivity index (χ4n) is 5.75. The predicted molar refractivity (Wildman–Crippen MR) is 135 cm³/mol. The molecule has 7 nitrogen and oxygen atoms in total. The molecule has 1 aromatic heterocycles. The molecule has 1 unspecified atom stereocenters. The largest absolute Gasteiger partial charge is 0.351 e. The van der Waals surface area contributed by atoms with Crippen LogP contribution in [-0.4, -0.2) is 46.2 Å². The van der Waals surface area contributed by atoms with Gasteiger partial charge in [0.15, 0.2) is 6.19 Å². The summed E-state index contributed by atoms with van der Waals surface area (Å²) in [6.45, 7) is 0.225. The average Bonchev–Trinajstić information content (AvgIpc) is 3.56. The van der Waals surface area contributed by atoms with Crippen LogP contribution >= 0.6 is 10.2 Å². The number of likely N-dealkylation sites (tertiary alicyclic amines) is 1. The number of nitrogens with zero attached hydrogens (tertiary/aromatic N) is 4. The molecule has 0 spiro atoms. The molecule has 1 aliphatic heterocycles. The Bertz CT molecular complexity index is 1440. The Labute approximate surface area is 235 Å². The molecule has 5 rings (SSSR count). The van der Waals surface area contributed by atoms with Crippen LogP contribution in [0.3, 0.4) is 0 Å². The number of hydrogen-bond acceptors (Lipinski definition) is 5. The summed E-state index contributed by atoms with van der Waals surface area (Å²) in [5.74, 6) is -6.04. The second-order valence-corrected chi connectivity index (χ2v) is 13.4. The van der Waals surface area contributed by atoms with E-state index in [0.29, 0.717) is 18.6 Å². The number of carbonyl (C=O) groups excluding carboxylic acids is 2. The van der Waals surface area contributed by atoms with Crippen molar-refractivity contribution in [3.63, 3.8) is 0 Å². The molecule has 16 heteroatoms. The number of pyridine rings is 1. The maximum Gasteiger partial charge on any atom is 0.310 e. The van der Waals surface area contributed by atoms with Gasteiger partial charge in [-0.05, 0) is 61.4 Å². The standard InChI is InChI=1S/C26H25F8N5O2S/c27-17-9-15(11-36-12-17)22(24(40)37-18-5-7-26(28,29)8-6-18)39(25(41)23-21-10-16(21)13-38(23)14-35)19-1-3-20(4-2-19)42(30,31,32,33)34/h1-4,9,11-12,16,18,21-23H,5-8,10,13H2,(H,37,40)/t16-,21-,22?,23+/m0/s1. The molecule has 0 bridgehead atoms.